The molecule has 0 bridgehead atoms. The third-order valence-electron chi connectivity index (χ3n) is 10.6. The topological polar surface area (TPSA) is 173 Å². The summed E-state index contributed by atoms with van der Waals surface area (Å²) >= 11 is 0. The number of alkyl carbamates (subject to hydrolysis) is 1. The standard InChI is InChI=1S/C41H71N4O10P/c1-13-15-24-54-56(50,51)33(25-30-20-17-16-18-21-30)42-38(47)29(6)37(53-12)31-22-19-23-45(31)34(46)26-32(52-11)36(28(5)14-2)44(10)39(48)35(27(3)4)43-40(49)55-41(7,8)9/h16-18,20-21,27-29,31-33,35-37H,13-15,19,22-26H2,1-12H3,(H,42,47)(H,43,49)(H,50,51)/t28-,29+,31-,32+,33+,35-,36-,37+/m0/s1. The van der Waals surface area contributed by atoms with E-state index in [1.807, 2.05) is 65.0 Å². The summed E-state index contributed by atoms with van der Waals surface area (Å²) in [7, 11) is 0.419. The summed E-state index contributed by atoms with van der Waals surface area (Å²) in [6.07, 6.45) is 1.31. The fourth-order valence-electron chi connectivity index (χ4n) is 7.28. The number of unbranched alkanes of at least 4 members (excludes halogenated alkanes) is 1. The summed E-state index contributed by atoms with van der Waals surface area (Å²) in [5.41, 5.74) is 0.0272. The maximum atomic E-state index is 14.2. The van der Waals surface area contributed by atoms with Gasteiger partial charge < -0.3 is 44.1 Å². The van der Waals surface area contributed by atoms with Crippen LogP contribution in [-0.4, -0.2) is 115 Å². The van der Waals surface area contributed by atoms with Crippen LogP contribution in [0.5, 0.6) is 0 Å². The summed E-state index contributed by atoms with van der Waals surface area (Å²) in [5.74, 6) is -3.33. The van der Waals surface area contributed by atoms with E-state index in [1.54, 1.807) is 44.5 Å². The Morgan fingerprint density at radius 3 is 2.20 bits per heavy atom. The average molecular weight is 811 g/mol. The van der Waals surface area contributed by atoms with E-state index in [9.17, 15) is 28.6 Å². The number of hydrogen-bond acceptors (Lipinski definition) is 9. The van der Waals surface area contributed by atoms with Crippen LogP contribution < -0.4 is 10.6 Å². The molecule has 1 unspecified atom stereocenters. The minimum Gasteiger partial charge on any atom is -0.444 e. The number of carbonyl (C=O) groups is 4. The number of likely N-dealkylation sites (tertiary alicyclic amines) is 1. The zero-order valence-corrected chi connectivity index (χ0v) is 36.8. The molecule has 0 saturated carbocycles. The molecule has 0 aliphatic carbocycles. The maximum absolute atomic E-state index is 14.2. The molecule has 3 N–H and O–H groups in total. The van der Waals surface area contributed by atoms with Crippen LogP contribution in [0.2, 0.25) is 0 Å². The molecule has 1 heterocycles. The lowest BCUT2D eigenvalue weighted by atomic mass is 9.89. The number of nitrogens with one attached hydrogen (secondary N) is 2. The molecule has 0 radical (unpaired) electrons. The van der Waals surface area contributed by atoms with Crippen molar-refractivity contribution >= 4 is 31.4 Å². The number of hydrogen-bond donors (Lipinski definition) is 3. The second-order valence-corrected chi connectivity index (χ2v) is 18.4. The second-order valence-electron chi connectivity index (χ2n) is 16.4. The highest BCUT2D eigenvalue weighted by Crippen LogP contribution is 2.48. The number of carbonyl (C=O) groups excluding carboxylic acids is 4. The van der Waals surface area contributed by atoms with Crippen molar-refractivity contribution in [3.05, 3.63) is 35.9 Å². The Kier molecular flexibility index (Phi) is 20.0. The molecule has 0 spiro atoms. The largest absolute Gasteiger partial charge is 0.444 e. The molecule has 1 saturated heterocycles. The summed E-state index contributed by atoms with van der Waals surface area (Å²) in [5, 5.41) is 5.54. The number of rotatable bonds is 22. The van der Waals surface area contributed by atoms with Crippen LogP contribution in [0.3, 0.4) is 0 Å². The summed E-state index contributed by atoms with van der Waals surface area (Å²) < 4.78 is 36.3. The summed E-state index contributed by atoms with van der Waals surface area (Å²) in [4.78, 5) is 69.2. The Hall–Kier alpha value is -3.03. The first-order chi connectivity index (χ1) is 26.2. The molecule has 4 amide bonds. The van der Waals surface area contributed by atoms with E-state index >= 15 is 0 Å². The van der Waals surface area contributed by atoms with Gasteiger partial charge in [-0.25, -0.2) is 4.79 Å². The van der Waals surface area contributed by atoms with Gasteiger partial charge in [0.25, 0.3) is 0 Å². The number of nitrogens with zero attached hydrogens (tertiary/aromatic N) is 2. The van der Waals surface area contributed by atoms with E-state index < -0.39 is 67.2 Å². The predicted molar refractivity (Wildman–Crippen MR) is 217 cm³/mol. The van der Waals surface area contributed by atoms with Gasteiger partial charge in [0, 0.05) is 34.2 Å². The Labute approximate surface area is 335 Å². The molecule has 1 fully saturated rings. The van der Waals surface area contributed by atoms with E-state index in [0.717, 1.165) is 12.0 Å². The minimum absolute atomic E-state index is 0.0373. The lowest BCUT2D eigenvalue weighted by molar-refractivity contribution is -0.147. The molecule has 1 aliphatic rings. The fraction of sp³-hybridized carbons (Fsp3) is 0.756. The number of ether oxygens (including phenoxy) is 3. The highest BCUT2D eigenvalue weighted by Gasteiger charge is 2.44. The zero-order valence-electron chi connectivity index (χ0n) is 35.9. The van der Waals surface area contributed by atoms with Crippen LogP contribution in [0, 0.1) is 17.8 Å². The van der Waals surface area contributed by atoms with E-state index in [0.29, 0.717) is 32.2 Å². The van der Waals surface area contributed by atoms with Crippen molar-refractivity contribution in [3.63, 3.8) is 0 Å². The molecule has 56 heavy (non-hydrogen) atoms. The average Bonchev–Trinajstić information content (AvgIpc) is 3.62. The van der Waals surface area contributed by atoms with Gasteiger partial charge in [0.2, 0.25) is 17.7 Å². The number of likely N-dealkylation sites (N-methyl/N-ethyl adjacent to an activating group) is 1. The van der Waals surface area contributed by atoms with E-state index in [1.165, 1.54) is 14.2 Å². The van der Waals surface area contributed by atoms with Gasteiger partial charge in [-0.3, -0.25) is 18.9 Å². The van der Waals surface area contributed by atoms with Crippen LogP contribution in [0.15, 0.2) is 30.3 Å². The van der Waals surface area contributed by atoms with Gasteiger partial charge in [0.05, 0.1) is 43.2 Å². The molecule has 1 aliphatic heterocycles. The second kappa shape index (κ2) is 22.8. The van der Waals surface area contributed by atoms with Crippen LogP contribution in [0.4, 0.5) is 4.79 Å². The summed E-state index contributed by atoms with van der Waals surface area (Å²) in [6, 6.07) is 7.31. The van der Waals surface area contributed by atoms with Gasteiger partial charge in [-0.05, 0) is 57.4 Å². The highest BCUT2D eigenvalue weighted by atomic mass is 31.2. The number of benzene rings is 1. The molecule has 320 valence electrons. The van der Waals surface area contributed by atoms with Gasteiger partial charge in [-0.2, -0.15) is 0 Å². The van der Waals surface area contributed by atoms with Crippen LogP contribution in [0.25, 0.3) is 0 Å². The van der Waals surface area contributed by atoms with Gasteiger partial charge in [-0.15, -0.1) is 0 Å². The van der Waals surface area contributed by atoms with Gasteiger partial charge in [-0.1, -0.05) is 84.7 Å². The quantitative estimate of drug-likeness (QED) is 0.0912. The molecule has 14 nitrogen and oxygen atoms in total. The zero-order chi connectivity index (χ0) is 42.4. The molecular formula is C41H71N4O10P. The molecule has 2 rings (SSSR count). The van der Waals surface area contributed by atoms with Crippen molar-refractivity contribution in [1.82, 2.24) is 20.4 Å². The lowest BCUT2D eigenvalue weighted by Crippen LogP contribution is -2.58. The molecule has 1 aromatic carbocycles. The first-order valence-corrected chi connectivity index (χ1v) is 21.8. The molecule has 0 aromatic heterocycles. The Balaban J connectivity index is 2.30. The van der Waals surface area contributed by atoms with Crippen molar-refractivity contribution in [1.29, 1.82) is 0 Å². The molecule has 1 aromatic rings. The Morgan fingerprint density at radius 1 is 1.02 bits per heavy atom. The lowest BCUT2D eigenvalue weighted by Gasteiger charge is -2.40. The van der Waals surface area contributed by atoms with E-state index in [4.69, 9.17) is 18.7 Å². The number of amides is 4. The molecular weight excluding hydrogens is 739 g/mol. The van der Waals surface area contributed by atoms with Gasteiger partial charge in [0.1, 0.15) is 17.4 Å². The first-order valence-electron chi connectivity index (χ1n) is 20.1. The van der Waals surface area contributed by atoms with Crippen LogP contribution in [-0.2, 0) is 44.1 Å². The van der Waals surface area contributed by atoms with Gasteiger partial charge >= 0.3 is 13.7 Å². The minimum atomic E-state index is -4.27. The van der Waals surface area contributed by atoms with Gasteiger partial charge in [0.15, 0.2) is 0 Å². The predicted octanol–water partition coefficient (Wildman–Crippen LogP) is 6.14. The van der Waals surface area contributed by atoms with Crippen LogP contribution >= 0.6 is 7.60 Å². The Morgan fingerprint density at radius 2 is 1.66 bits per heavy atom. The Bertz CT molecular complexity index is 1440. The van der Waals surface area contributed by atoms with Crippen molar-refractivity contribution in [2.45, 2.75) is 149 Å². The summed E-state index contributed by atoms with van der Waals surface area (Å²) in [6.45, 7) is 17.1. The SMILES string of the molecule is CCCCOP(=O)(O)[C@H](Cc1ccccc1)NC(=O)[C@H](C)[C@@H](OC)[C@@H]1CCCN1C(=O)C[C@@H](OC)[C@H]([C@@H](C)CC)N(C)C(=O)[C@@H](NC(=O)OC(C)(C)C)C(C)C. The monoisotopic (exact) mass is 810 g/mol. The van der Waals surface area contributed by atoms with Crippen LogP contribution in [0.1, 0.15) is 106 Å². The highest BCUT2D eigenvalue weighted by molar-refractivity contribution is 7.53. The van der Waals surface area contributed by atoms with Crippen molar-refractivity contribution in [2.75, 3.05) is 34.4 Å². The fourth-order valence-corrected chi connectivity index (χ4v) is 8.59. The van der Waals surface area contributed by atoms with Crippen molar-refractivity contribution in [3.8, 4) is 0 Å². The molecule has 9 atom stereocenters. The third-order valence-corrected chi connectivity index (χ3v) is 12.3. The third kappa shape index (κ3) is 14.4. The van der Waals surface area contributed by atoms with E-state index in [2.05, 4.69) is 10.6 Å². The van der Waals surface area contributed by atoms with Crippen molar-refractivity contribution in [2.24, 2.45) is 17.8 Å². The van der Waals surface area contributed by atoms with E-state index in [-0.39, 0.29) is 43.1 Å². The first kappa shape index (κ1) is 49.1. The smallest absolute Gasteiger partial charge is 0.408 e. The maximum Gasteiger partial charge on any atom is 0.408 e. The normalized spacial score (nSPS) is 19.5. The number of methoxy groups -OCH3 is 2. The van der Waals surface area contributed by atoms with Crippen molar-refractivity contribution < 1.29 is 47.4 Å². The molecule has 15 heteroatoms.